The minimum absolute atomic E-state index is 0.758. The first-order valence-corrected chi connectivity index (χ1v) is 8.00. The van der Waals surface area contributed by atoms with E-state index in [1.54, 1.807) is 0 Å². The van der Waals surface area contributed by atoms with Gasteiger partial charge in [0.1, 0.15) is 0 Å². The number of hydrogen-bond acceptors (Lipinski definition) is 3. The summed E-state index contributed by atoms with van der Waals surface area (Å²) in [6.07, 6.45) is 0. The highest BCUT2D eigenvalue weighted by Gasteiger charge is 2.22. The normalized spacial score (nSPS) is 28.6. The van der Waals surface area contributed by atoms with E-state index in [1.165, 1.54) is 19.6 Å². The van der Waals surface area contributed by atoms with Crippen LogP contribution in [0.15, 0.2) is 0 Å². The van der Waals surface area contributed by atoms with Gasteiger partial charge in [0.15, 0.2) is 0 Å². The molecule has 3 unspecified atom stereocenters. The van der Waals surface area contributed by atoms with Crippen LogP contribution in [0.2, 0.25) is 0 Å². The Bertz CT molecular complexity index is 198. The van der Waals surface area contributed by atoms with Gasteiger partial charge in [0.25, 0.3) is 0 Å². The van der Waals surface area contributed by atoms with Crippen molar-refractivity contribution in [1.29, 1.82) is 0 Å². The maximum Gasteiger partial charge on any atom is 0.0149 e. The fourth-order valence-electron chi connectivity index (χ4n) is 2.56. The molecule has 1 fully saturated rings. The molecule has 0 aromatic carbocycles. The summed E-state index contributed by atoms with van der Waals surface area (Å²) in [5.41, 5.74) is 0. The second-order valence-electron chi connectivity index (χ2n) is 6.13. The van der Waals surface area contributed by atoms with E-state index in [4.69, 9.17) is 0 Å². The van der Waals surface area contributed by atoms with E-state index in [2.05, 4.69) is 56.6 Å². The molecule has 0 spiro atoms. The molecular formula is C14H30N2S. The SMILES string of the molecule is CC(C)CNCC(C)CN1CC(C)SC(C)C1. The Kier molecular flexibility index (Phi) is 6.90. The van der Waals surface area contributed by atoms with E-state index in [0.29, 0.717) is 0 Å². The third-order valence-electron chi connectivity index (χ3n) is 3.11. The second-order valence-corrected chi connectivity index (χ2v) is 8.01. The summed E-state index contributed by atoms with van der Waals surface area (Å²) in [5, 5.41) is 5.17. The maximum absolute atomic E-state index is 3.56. The van der Waals surface area contributed by atoms with Crippen molar-refractivity contribution in [1.82, 2.24) is 10.2 Å². The van der Waals surface area contributed by atoms with Crippen LogP contribution in [0.1, 0.15) is 34.6 Å². The summed E-state index contributed by atoms with van der Waals surface area (Å²) in [6.45, 7) is 17.7. The van der Waals surface area contributed by atoms with E-state index in [0.717, 1.165) is 35.4 Å². The van der Waals surface area contributed by atoms with Crippen LogP contribution in [-0.2, 0) is 0 Å². The second kappa shape index (κ2) is 7.65. The van der Waals surface area contributed by atoms with Gasteiger partial charge in [-0.2, -0.15) is 11.8 Å². The average Bonchev–Trinajstić information content (AvgIpc) is 2.14. The van der Waals surface area contributed by atoms with Crippen LogP contribution < -0.4 is 5.32 Å². The molecular weight excluding hydrogens is 228 g/mol. The molecule has 1 aliphatic heterocycles. The first-order valence-electron chi connectivity index (χ1n) is 7.06. The van der Waals surface area contributed by atoms with Gasteiger partial charge in [-0.3, -0.25) is 0 Å². The van der Waals surface area contributed by atoms with Crippen LogP contribution in [0.3, 0.4) is 0 Å². The zero-order valence-corrected chi connectivity index (χ0v) is 13.0. The molecule has 1 aliphatic rings. The largest absolute Gasteiger partial charge is 0.316 e. The first kappa shape index (κ1) is 15.3. The molecule has 17 heavy (non-hydrogen) atoms. The molecule has 102 valence electrons. The zero-order chi connectivity index (χ0) is 12.8. The molecule has 1 rings (SSSR count). The average molecular weight is 258 g/mol. The van der Waals surface area contributed by atoms with E-state index in [-0.39, 0.29) is 0 Å². The van der Waals surface area contributed by atoms with Crippen LogP contribution in [0.5, 0.6) is 0 Å². The molecule has 2 nitrogen and oxygen atoms in total. The Morgan fingerprint density at radius 3 is 2.24 bits per heavy atom. The lowest BCUT2D eigenvalue weighted by Gasteiger charge is -2.36. The van der Waals surface area contributed by atoms with Gasteiger partial charge < -0.3 is 10.2 Å². The zero-order valence-electron chi connectivity index (χ0n) is 12.2. The predicted molar refractivity (Wildman–Crippen MR) is 79.8 cm³/mol. The first-order chi connectivity index (χ1) is 7.97. The van der Waals surface area contributed by atoms with Gasteiger partial charge >= 0.3 is 0 Å². The molecule has 0 aliphatic carbocycles. The van der Waals surface area contributed by atoms with Crippen molar-refractivity contribution in [2.45, 2.75) is 45.1 Å². The monoisotopic (exact) mass is 258 g/mol. The third kappa shape index (κ3) is 6.68. The van der Waals surface area contributed by atoms with Crippen molar-refractivity contribution in [2.75, 3.05) is 32.7 Å². The molecule has 1 saturated heterocycles. The van der Waals surface area contributed by atoms with Crippen LogP contribution in [0, 0.1) is 11.8 Å². The Morgan fingerprint density at radius 1 is 1.12 bits per heavy atom. The van der Waals surface area contributed by atoms with Crippen molar-refractivity contribution in [3.05, 3.63) is 0 Å². The lowest BCUT2D eigenvalue weighted by atomic mass is 10.1. The number of rotatable bonds is 6. The van der Waals surface area contributed by atoms with Gasteiger partial charge in [0.2, 0.25) is 0 Å². The van der Waals surface area contributed by atoms with Crippen LogP contribution >= 0.6 is 11.8 Å². The van der Waals surface area contributed by atoms with Gasteiger partial charge in [-0.15, -0.1) is 0 Å². The van der Waals surface area contributed by atoms with Crippen LogP contribution in [0.4, 0.5) is 0 Å². The van der Waals surface area contributed by atoms with Crippen molar-refractivity contribution < 1.29 is 0 Å². The van der Waals surface area contributed by atoms with E-state index >= 15 is 0 Å². The van der Waals surface area contributed by atoms with Crippen molar-refractivity contribution in [3.63, 3.8) is 0 Å². The maximum atomic E-state index is 3.56. The van der Waals surface area contributed by atoms with Crippen molar-refractivity contribution >= 4 is 11.8 Å². The molecule has 1 heterocycles. The molecule has 0 amide bonds. The summed E-state index contributed by atoms with van der Waals surface area (Å²) in [4.78, 5) is 2.65. The summed E-state index contributed by atoms with van der Waals surface area (Å²) in [6, 6.07) is 0. The van der Waals surface area contributed by atoms with Crippen molar-refractivity contribution in [2.24, 2.45) is 11.8 Å². The molecule has 1 N–H and O–H groups in total. The summed E-state index contributed by atoms with van der Waals surface area (Å²) in [7, 11) is 0. The Labute approximate surface area is 112 Å². The lowest BCUT2D eigenvalue weighted by Crippen LogP contribution is -2.43. The van der Waals surface area contributed by atoms with Crippen LogP contribution in [0.25, 0.3) is 0 Å². The highest BCUT2D eigenvalue weighted by Crippen LogP contribution is 2.24. The standard InChI is InChI=1S/C14H30N2S/c1-11(2)6-15-7-12(3)8-16-9-13(4)17-14(5)10-16/h11-15H,6-10H2,1-5H3. The summed E-state index contributed by atoms with van der Waals surface area (Å²) in [5.74, 6) is 1.52. The summed E-state index contributed by atoms with van der Waals surface area (Å²) < 4.78 is 0. The van der Waals surface area contributed by atoms with Gasteiger partial charge in [-0.1, -0.05) is 34.6 Å². The number of nitrogens with one attached hydrogen (secondary N) is 1. The Morgan fingerprint density at radius 2 is 1.71 bits per heavy atom. The van der Waals surface area contributed by atoms with Gasteiger partial charge in [-0.05, 0) is 24.9 Å². The Balaban J connectivity index is 2.18. The number of hydrogen-bond donors (Lipinski definition) is 1. The smallest absolute Gasteiger partial charge is 0.0149 e. The molecule has 3 heteroatoms. The topological polar surface area (TPSA) is 15.3 Å². The number of nitrogens with zero attached hydrogens (tertiary/aromatic N) is 1. The van der Waals surface area contributed by atoms with Gasteiger partial charge in [-0.25, -0.2) is 0 Å². The summed E-state index contributed by atoms with van der Waals surface area (Å²) >= 11 is 2.14. The highest BCUT2D eigenvalue weighted by molar-refractivity contribution is 8.00. The third-order valence-corrected chi connectivity index (χ3v) is 4.34. The van der Waals surface area contributed by atoms with E-state index in [9.17, 15) is 0 Å². The minimum Gasteiger partial charge on any atom is -0.316 e. The molecule has 0 radical (unpaired) electrons. The van der Waals surface area contributed by atoms with E-state index in [1.807, 2.05) is 0 Å². The van der Waals surface area contributed by atoms with Crippen molar-refractivity contribution in [3.8, 4) is 0 Å². The quantitative estimate of drug-likeness (QED) is 0.788. The molecule has 0 aromatic rings. The fraction of sp³-hybridized carbons (Fsp3) is 1.00. The number of thioether (sulfide) groups is 1. The molecule has 0 aromatic heterocycles. The molecule has 0 bridgehead atoms. The molecule has 0 saturated carbocycles. The van der Waals surface area contributed by atoms with Crippen LogP contribution in [-0.4, -0.2) is 48.1 Å². The predicted octanol–water partition coefficient (Wildman–Crippen LogP) is 2.69. The van der Waals surface area contributed by atoms with Gasteiger partial charge in [0, 0.05) is 30.1 Å². The minimum atomic E-state index is 0.758. The van der Waals surface area contributed by atoms with Gasteiger partial charge in [0.05, 0.1) is 0 Å². The van der Waals surface area contributed by atoms with E-state index < -0.39 is 0 Å². The lowest BCUT2D eigenvalue weighted by molar-refractivity contribution is 0.231. The Hall–Kier alpha value is 0.270. The highest BCUT2D eigenvalue weighted by atomic mass is 32.2. The fourth-order valence-corrected chi connectivity index (χ4v) is 3.94. The molecule has 3 atom stereocenters.